The molecule has 2 atom stereocenters. The van der Waals surface area contributed by atoms with E-state index in [2.05, 4.69) is 9.50 Å². The molecule has 0 aliphatic rings. The van der Waals surface area contributed by atoms with Gasteiger partial charge in [-0.25, -0.2) is 0 Å². The number of benzene rings is 2. The van der Waals surface area contributed by atoms with Gasteiger partial charge in [-0.05, 0) is 49.6 Å². The molecule has 2 aromatic carbocycles. The first kappa shape index (κ1) is 25.5. The molecular weight excluding hydrogens is 464 g/mol. The number of alkyl halides is 6. The first-order valence-electron chi connectivity index (χ1n) is 9.17. The lowest BCUT2D eigenvalue weighted by molar-refractivity contribution is -0.137. The lowest BCUT2D eigenvalue weighted by atomic mass is 9.97. The molecule has 176 valence electrons. The van der Waals surface area contributed by atoms with Gasteiger partial charge >= 0.3 is 21.8 Å². The summed E-state index contributed by atoms with van der Waals surface area (Å²) in [5, 5.41) is 2.62. The molecule has 0 fully saturated rings. The molecule has 5 nitrogen and oxygen atoms in total. The Bertz CT molecular complexity index is 1050. The highest BCUT2D eigenvalue weighted by atomic mass is 32.2. The summed E-state index contributed by atoms with van der Waals surface area (Å²) in [5.41, 5.74) is -6.76. The van der Waals surface area contributed by atoms with Crippen LogP contribution in [0.25, 0.3) is 0 Å². The molecule has 0 saturated carbocycles. The third-order valence-electron chi connectivity index (χ3n) is 4.41. The number of carbonyl (C=O) groups excluding carboxylic acids is 1. The molecule has 1 amide bonds. The maximum Gasteiger partial charge on any atom is 0.534 e. The summed E-state index contributed by atoms with van der Waals surface area (Å²) in [5.74, 6) is -3.15. The van der Waals surface area contributed by atoms with Gasteiger partial charge in [0.15, 0.2) is 0 Å². The molecule has 0 aromatic heterocycles. The molecule has 32 heavy (non-hydrogen) atoms. The molecule has 2 aromatic rings. The van der Waals surface area contributed by atoms with Crippen LogP contribution in [0.1, 0.15) is 36.5 Å². The van der Waals surface area contributed by atoms with E-state index < -0.39 is 51.0 Å². The molecule has 0 saturated heterocycles. The molecule has 2 rings (SSSR count). The van der Waals surface area contributed by atoms with Gasteiger partial charge in [-0.2, -0.15) is 34.8 Å². The summed E-state index contributed by atoms with van der Waals surface area (Å²) in [6.45, 7) is 2.91. The first-order valence-corrected chi connectivity index (χ1v) is 10.6. The topological polar surface area (TPSA) is 72.5 Å². The molecule has 0 aliphatic carbocycles. The largest absolute Gasteiger partial charge is 0.534 e. The second-order valence-corrected chi connectivity index (χ2v) is 8.63. The Morgan fingerprint density at radius 2 is 1.59 bits per heavy atom. The summed E-state index contributed by atoms with van der Waals surface area (Å²) in [6, 6.07) is 9.98. The van der Waals surface area contributed by atoms with Crippen molar-refractivity contribution in [2.24, 2.45) is 0 Å². The maximum atomic E-state index is 13.2. The summed E-state index contributed by atoms with van der Waals surface area (Å²) >= 11 is 0. The van der Waals surface area contributed by atoms with Crippen LogP contribution in [0.15, 0.2) is 48.5 Å². The van der Waals surface area contributed by atoms with E-state index >= 15 is 0 Å². The number of halogens is 6. The van der Waals surface area contributed by atoms with Crippen molar-refractivity contribution in [1.29, 1.82) is 0 Å². The van der Waals surface area contributed by atoms with Crippen molar-refractivity contribution in [2.45, 2.75) is 43.9 Å². The zero-order chi connectivity index (χ0) is 24.3. The van der Waals surface area contributed by atoms with Crippen LogP contribution >= 0.6 is 0 Å². The van der Waals surface area contributed by atoms with Gasteiger partial charge in [0, 0.05) is 6.04 Å². The number of nitrogens with one attached hydrogen (secondary N) is 1. The van der Waals surface area contributed by atoms with Crippen molar-refractivity contribution < 1.29 is 43.7 Å². The van der Waals surface area contributed by atoms with E-state index in [-0.39, 0.29) is 11.6 Å². The van der Waals surface area contributed by atoms with Crippen molar-refractivity contribution in [3.05, 3.63) is 65.2 Å². The zero-order valence-electron chi connectivity index (χ0n) is 16.8. The second kappa shape index (κ2) is 9.39. The van der Waals surface area contributed by atoms with Gasteiger partial charge in [0.2, 0.25) is 5.91 Å². The number of rotatable bonds is 7. The Morgan fingerprint density at radius 1 is 1.00 bits per heavy atom. The van der Waals surface area contributed by atoms with Gasteiger partial charge < -0.3 is 9.50 Å². The van der Waals surface area contributed by atoms with E-state index in [9.17, 15) is 39.6 Å². The molecule has 0 heterocycles. The minimum Gasteiger partial charge on any atom is -0.376 e. The molecule has 12 heteroatoms. The first-order chi connectivity index (χ1) is 14.6. The molecule has 1 N–H and O–H groups in total. The van der Waals surface area contributed by atoms with Crippen molar-refractivity contribution in [3.8, 4) is 5.75 Å². The Kier molecular flexibility index (Phi) is 7.48. The van der Waals surface area contributed by atoms with E-state index in [4.69, 9.17) is 0 Å². The molecule has 0 unspecified atom stereocenters. The molecule has 0 bridgehead atoms. The zero-order valence-corrected chi connectivity index (χ0v) is 17.6. The predicted molar refractivity (Wildman–Crippen MR) is 103 cm³/mol. The Balaban J connectivity index is 2.29. The van der Waals surface area contributed by atoms with Crippen molar-refractivity contribution in [3.63, 3.8) is 0 Å². The van der Waals surface area contributed by atoms with Crippen LogP contribution < -0.4 is 9.50 Å². The van der Waals surface area contributed by atoms with Gasteiger partial charge in [-0.3, -0.25) is 4.79 Å². The average molecular weight is 483 g/mol. The van der Waals surface area contributed by atoms with Crippen LogP contribution in [0.2, 0.25) is 0 Å². The minimum atomic E-state index is -6.20. The molecule has 0 radical (unpaired) electrons. The van der Waals surface area contributed by atoms with Gasteiger partial charge in [0.05, 0.1) is 11.5 Å². The van der Waals surface area contributed by atoms with Crippen LogP contribution in [0.5, 0.6) is 5.75 Å². The van der Waals surface area contributed by atoms with Gasteiger partial charge in [-0.1, -0.05) is 30.3 Å². The second-order valence-electron chi connectivity index (χ2n) is 7.09. The van der Waals surface area contributed by atoms with Gasteiger partial charge in [0.25, 0.3) is 0 Å². The number of hydrogen-bond donors (Lipinski definition) is 1. The predicted octanol–water partition coefficient (Wildman–Crippen LogP) is 4.78. The van der Waals surface area contributed by atoms with Crippen LogP contribution in [0.4, 0.5) is 26.3 Å². The van der Waals surface area contributed by atoms with Crippen LogP contribution in [0, 0.1) is 0 Å². The smallest absolute Gasteiger partial charge is 0.376 e. The monoisotopic (exact) mass is 483 g/mol. The van der Waals surface area contributed by atoms with Crippen LogP contribution in [-0.4, -0.2) is 25.9 Å². The Hall–Kier alpha value is -2.76. The fourth-order valence-electron chi connectivity index (χ4n) is 2.80. The summed E-state index contributed by atoms with van der Waals surface area (Å²) in [7, 11) is -6.20. The highest BCUT2D eigenvalue weighted by Gasteiger charge is 2.48. The highest BCUT2D eigenvalue weighted by Crippen LogP contribution is 2.36. The molecular formula is C20H19F6NO4S. The maximum absolute atomic E-state index is 13.2. The van der Waals surface area contributed by atoms with E-state index in [0.29, 0.717) is 18.6 Å². The molecule has 0 aliphatic heterocycles. The van der Waals surface area contributed by atoms with Crippen LogP contribution in [-0.2, 0) is 27.5 Å². The minimum absolute atomic E-state index is 0.120. The van der Waals surface area contributed by atoms with Crippen LogP contribution in [0.3, 0.4) is 0 Å². The SMILES string of the molecule is C[C@H](Cc1ccccc1)NC(=O)[C@H](C)c1cc(OS(=O)(=O)C(F)(F)F)cc(C(F)(F)F)c1. The fourth-order valence-corrected chi connectivity index (χ4v) is 3.24. The molecule has 0 spiro atoms. The third-order valence-corrected chi connectivity index (χ3v) is 5.39. The van der Waals surface area contributed by atoms with E-state index in [1.54, 1.807) is 25.1 Å². The van der Waals surface area contributed by atoms with E-state index in [0.717, 1.165) is 5.56 Å². The van der Waals surface area contributed by atoms with E-state index in [1.807, 2.05) is 12.1 Å². The lowest BCUT2D eigenvalue weighted by Crippen LogP contribution is -2.36. The quantitative estimate of drug-likeness (QED) is 0.350. The number of carbonyl (C=O) groups is 1. The van der Waals surface area contributed by atoms with Crippen molar-refractivity contribution >= 4 is 16.0 Å². The normalized spacial score (nSPS) is 14.5. The van der Waals surface area contributed by atoms with Gasteiger partial charge in [0.1, 0.15) is 5.75 Å². The number of hydrogen-bond acceptors (Lipinski definition) is 4. The lowest BCUT2D eigenvalue weighted by Gasteiger charge is -2.20. The van der Waals surface area contributed by atoms with Crippen molar-refractivity contribution in [2.75, 3.05) is 0 Å². The highest BCUT2D eigenvalue weighted by molar-refractivity contribution is 7.88. The standard InChI is InChI=1S/C20H19F6NO4S/c1-12(8-14-6-4-3-5-7-14)27-18(28)13(2)15-9-16(19(21,22)23)11-17(10-15)31-32(29,30)20(24,25)26/h3-7,9-13H,8H2,1-2H3,(H,27,28)/t12-,13-/m1/s1. The van der Waals surface area contributed by atoms with Gasteiger partial charge in [-0.15, -0.1) is 0 Å². The number of amides is 1. The summed E-state index contributed by atoms with van der Waals surface area (Å²) in [4.78, 5) is 12.5. The van der Waals surface area contributed by atoms with E-state index in [1.165, 1.54) is 6.92 Å². The Morgan fingerprint density at radius 3 is 2.12 bits per heavy atom. The van der Waals surface area contributed by atoms with Crippen molar-refractivity contribution in [1.82, 2.24) is 5.32 Å². The third kappa shape index (κ3) is 6.62. The average Bonchev–Trinajstić information content (AvgIpc) is 2.65. The fraction of sp³-hybridized carbons (Fsp3) is 0.350. The summed E-state index contributed by atoms with van der Waals surface area (Å²) < 4.78 is 104. The summed E-state index contributed by atoms with van der Waals surface area (Å²) in [6.07, 6.45) is -4.59. The Labute approximate surface area is 180 Å².